The summed E-state index contributed by atoms with van der Waals surface area (Å²) in [5, 5.41) is 0. The summed E-state index contributed by atoms with van der Waals surface area (Å²) in [6, 6.07) is 0. The summed E-state index contributed by atoms with van der Waals surface area (Å²) >= 11 is 0. The molecule has 26 heavy (non-hydrogen) atoms. The van der Waals surface area contributed by atoms with Gasteiger partial charge in [-0.3, -0.25) is 14.4 Å². The maximum Gasteiger partial charge on any atom is 0.312 e. The predicted molar refractivity (Wildman–Crippen MR) is 99.3 cm³/mol. The molecule has 0 N–H and O–H groups in total. The molecule has 1 atom stereocenters. The third kappa shape index (κ3) is 4.21. The quantitative estimate of drug-likeness (QED) is 0.720. The molecule has 0 aromatic heterocycles. The van der Waals surface area contributed by atoms with Crippen molar-refractivity contribution in [2.75, 3.05) is 39.3 Å². The van der Waals surface area contributed by atoms with Crippen molar-refractivity contribution in [3.63, 3.8) is 0 Å². The van der Waals surface area contributed by atoms with Crippen molar-refractivity contribution >= 4 is 17.7 Å². The van der Waals surface area contributed by atoms with E-state index in [4.69, 9.17) is 0 Å². The first-order chi connectivity index (χ1) is 12.4. The average molecular weight is 364 g/mol. The molecule has 0 unspecified atom stereocenters. The first-order valence-corrected chi connectivity index (χ1v) is 10.3. The van der Waals surface area contributed by atoms with Gasteiger partial charge in [0.15, 0.2) is 0 Å². The third-order valence-electron chi connectivity index (χ3n) is 6.25. The molecule has 3 aliphatic heterocycles. The lowest BCUT2D eigenvalue weighted by molar-refractivity contribution is -0.155. The number of hydrogen-bond donors (Lipinski definition) is 0. The molecular weight excluding hydrogens is 330 g/mol. The Morgan fingerprint density at radius 3 is 2.31 bits per heavy atom. The van der Waals surface area contributed by atoms with Crippen LogP contribution in [0.2, 0.25) is 0 Å². The van der Waals surface area contributed by atoms with Gasteiger partial charge in [-0.1, -0.05) is 13.8 Å². The summed E-state index contributed by atoms with van der Waals surface area (Å²) < 4.78 is 0. The fourth-order valence-electron chi connectivity index (χ4n) is 4.63. The highest BCUT2D eigenvalue weighted by Crippen LogP contribution is 2.39. The Hall–Kier alpha value is -1.59. The van der Waals surface area contributed by atoms with Gasteiger partial charge in [0.1, 0.15) is 0 Å². The van der Waals surface area contributed by atoms with E-state index in [1.54, 1.807) is 9.80 Å². The van der Waals surface area contributed by atoms with Crippen molar-refractivity contribution in [3.8, 4) is 0 Å². The fourth-order valence-corrected chi connectivity index (χ4v) is 4.63. The topological polar surface area (TPSA) is 60.9 Å². The number of hydrogen-bond acceptors (Lipinski definition) is 3. The number of carbonyl (C=O) groups is 3. The highest BCUT2D eigenvalue weighted by atomic mass is 16.2. The van der Waals surface area contributed by atoms with Gasteiger partial charge in [0.2, 0.25) is 5.91 Å². The molecule has 3 fully saturated rings. The molecule has 3 rings (SSSR count). The van der Waals surface area contributed by atoms with Crippen LogP contribution in [0.4, 0.5) is 0 Å². The molecule has 0 aromatic carbocycles. The molecule has 146 valence electrons. The maximum absolute atomic E-state index is 12.7. The minimum absolute atomic E-state index is 0.0237. The summed E-state index contributed by atoms with van der Waals surface area (Å²) in [5.74, 6) is 0.149. The molecule has 1 spiro atoms. The molecule has 0 aromatic rings. The van der Waals surface area contributed by atoms with Crippen molar-refractivity contribution in [3.05, 3.63) is 0 Å². The van der Waals surface area contributed by atoms with Crippen LogP contribution in [-0.2, 0) is 14.4 Å². The Labute approximate surface area is 156 Å². The Bertz CT molecular complexity index is 557. The summed E-state index contributed by atoms with van der Waals surface area (Å²) in [6.07, 6.45) is 6.38. The molecule has 3 amide bonds. The normalized spacial score (nSPS) is 26.9. The Morgan fingerprint density at radius 2 is 1.62 bits per heavy atom. The average Bonchev–Trinajstić information content (AvgIpc) is 3.16. The largest absolute Gasteiger partial charge is 0.342 e. The second-order valence-electron chi connectivity index (χ2n) is 8.83. The van der Waals surface area contributed by atoms with E-state index in [1.165, 1.54) is 0 Å². The van der Waals surface area contributed by atoms with Crippen LogP contribution in [0.3, 0.4) is 0 Å². The van der Waals surface area contributed by atoms with Gasteiger partial charge in [-0.25, -0.2) is 0 Å². The van der Waals surface area contributed by atoms with Crippen LogP contribution >= 0.6 is 0 Å². The third-order valence-corrected chi connectivity index (χ3v) is 6.25. The predicted octanol–water partition coefficient (Wildman–Crippen LogP) is 1.89. The van der Waals surface area contributed by atoms with Crippen molar-refractivity contribution < 1.29 is 14.4 Å². The molecule has 3 aliphatic rings. The molecule has 0 bridgehead atoms. The fraction of sp³-hybridized carbons (Fsp3) is 0.850. The van der Waals surface area contributed by atoms with Crippen molar-refractivity contribution in [1.29, 1.82) is 0 Å². The van der Waals surface area contributed by atoms with E-state index in [9.17, 15) is 14.4 Å². The second kappa shape index (κ2) is 7.97. The maximum atomic E-state index is 12.7. The monoisotopic (exact) mass is 363 g/mol. The van der Waals surface area contributed by atoms with Crippen LogP contribution < -0.4 is 0 Å². The number of piperidine rings is 2. The van der Waals surface area contributed by atoms with Gasteiger partial charge in [0.05, 0.1) is 0 Å². The van der Waals surface area contributed by atoms with E-state index < -0.39 is 0 Å². The zero-order chi connectivity index (χ0) is 18.7. The Balaban J connectivity index is 1.63. The number of carbonyl (C=O) groups excluding carboxylic acids is 3. The van der Waals surface area contributed by atoms with Crippen molar-refractivity contribution in [2.45, 2.75) is 58.8 Å². The molecule has 0 aliphatic carbocycles. The van der Waals surface area contributed by atoms with E-state index in [2.05, 4.69) is 13.8 Å². The van der Waals surface area contributed by atoms with Crippen LogP contribution in [-0.4, -0.2) is 71.7 Å². The summed E-state index contributed by atoms with van der Waals surface area (Å²) in [4.78, 5) is 43.0. The van der Waals surface area contributed by atoms with Crippen LogP contribution in [0, 0.1) is 11.3 Å². The van der Waals surface area contributed by atoms with Gasteiger partial charge >= 0.3 is 11.8 Å². The molecular formula is C20H33N3O3. The lowest BCUT2D eigenvalue weighted by Crippen LogP contribution is -2.57. The van der Waals surface area contributed by atoms with Gasteiger partial charge in [-0.2, -0.15) is 0 Å². The zero-order valence-electron chi connectivity index (χ0n) is 16.3. The minimum Gasteiger partial charge on any atom is -0.342 e. The highest BCUT2D eigenvalue weighted by molar-refractivity contribution is 6.35. The smallest absolute Gasteiger partial charge is 0.312 e. The van der Waals surface area contributed by atoms with E-state index in [0.29, 0.717) is 38.5 Å². The Kier molecular flexibility index (Phi) is 5.88. The second-order valence-corrected chi connectivity index (χ2v) is 8.83. The van der Waals surface area contributed by atoms with Gasteiger partial charge in [0.25, 0.3) is 0 Å². The van der Waals surface area contributed by atoms with E-state index in [0.717, 1.165) is 51.6 Å². The molecule has 6 heteroatoms. The number of likely N-dealkylation sites (tertiary alicyclic amines) is 3. The van der Waals surface area contributed by atoms with Crippen LogP contribution in [0.1, 0.15) is 58.8 Å². The number of amides is 3. The Morgan fingerprint density at radius 1 is 0.962 bits per heavy atom. The van der Waals surface area contributed by atoms with Gasteiger partial charge < -0.3 is 14.7 Å². The highest BCUT2D eigenvalue weighted by Gasteiger charge is 2.44. The zero-order valence-corrected chi connectivity index (χ0v) is 16.3. The first kappa shape index (κ1) is 19.2. The minimum atomic E-state index is -0.336. The summed E-state index contributed by atoms with van der Waals surface area (Å²) in [7, 11) is 0. The van der Waals surface area contributed by atoms with E-state index in [1.807, 2.05) is 4.90 Å². The summed E-state index contributed by atoms with van der Waals surface area (Å²) in [6.45, 7) is 8.60. The van der Waals surface area contributed by atoms with E-state index in [-0.39, 0.29) is 23.1 Å². The van der Waals surface area contributed by atoms with Crippen LogP contribution in [0.5, 0.6) is 0 Å². The van der Waals surface area contributed by atoms with Gasteiger partial charge in [-0.05, 0) is 44.4 Å². The van der Waals surface area contributed by atoms with Crippen LogP contribution in [0.25, 0.3) is 0 Å². The lowest BCUT2D eigenvalue weighted by Gasteiger charge is -2.48. The molecule has 3 heterocycles. The number of rotatable bonds is 3. The van der Waals surface area contributed by atoms with Gasteiger partial charge in [-0.15, -0.1) is 0 Å². The SMILES string of the molecule is CC(C)CCN1C[C@]2(CCCN(C(=O)C(=O)N3CCCC3)C2)CCC1=O. The van der Waals surface area contributed by atoms with Crippen molar-refractivity contribution in [2.24, 2.45) is 11.3 Å². The lowest BCUT2D eigenvalue weighted by atomic mass is 9.73. The van der Waals surface area contributed by atoms with Crippen LogP contribution in [0.15, 0.2) is 0 Å². The summed E-state index contributed by atoms with van der Waals surface area (Å²) in [5.41, 5.74) is -0.0237. The van der Waals surface area contributed by atoms with Gasteiger partial charge in [0, 0.05) is 51.1 Å². The molecule has 0 radical (unpaired) electrons. The van der Waals surface area contributed by atoms with E-state index >= 15 is 0 Å². The first-order valence-electron chi connectivity index (χ1n) is 10.3. The molecule has 6 nitrogen and oxygen atoms in total. The molecule has 3 saturated heterocycles. The van der Waals surface area contributed by atoms with Crippen molar-refractivity contribution in [1.82, 2.24) is 14.7 Å². The number of nitrogens with zero attached hydrogens (tertiary/aromatic N) is 3. The standard InChI is InChI=1S/C20H33N3O3/c1-16(2)7-13-22-14-20(9-6-17(22)24)8-5-12-23(15-20)19(26)18(25)21-10-3-4-11-21/h16H,3-15H2,1-2H3/t20-/m0/s1. The molecule has 0 saturated carbocycles.